The molecule has 1 fully saturated rings. The van der Waals surface area contributed by atoms with Crippen LogP contribution in [0.1, 0.15) is 26.2 Å². The number of carbonyl (C=O) groups is 2. The molecule has 2 amide bonds. The van der Waals surface area contributed by atoms with E-state index >= 15 is 0 Å². The van der Waals surface area contributed by atoms with Gasteiger partial charge in [-0.3, -0.25) is 9.59 Å². The summed E-state index contributed by atoms with van der Waals surface area (Å²) in [6, 6.07) is 15.8. The SMILES string of the molecule is CC(Oc1ccc(O)cc1)C(=O)N1CCC(NC(=O)CCOc2ccccc2)CC1. The summed E-state index contributed by atoms with van der Waals surface area (Å²) in [5, 5.41) is 12.4. The Hall–Kier alpha value is -3.22. The van der Waals surface area contributed by atoms with Gasteiger partial charge in [-0.25, -0.2) is 0 Å². The predicted molar refractivity (Wildman–Crippen MR) is 112 cm³/mol. The third-order valence-electron chi connectivity index (χ3n) is 5.01. The first-order valence-electron chi connectivity index (χ1n) is 10.2. The molecule has 1 atom stereocenters. The van der Waals surface area contributed by atoms with Crippen LogP contribution in [0.15, 0.2) is 54.6 Å². The fourth-order valence-corrected chi connectivity index (χ4v) is 3.36. The number of amides is 2. The maximum absolute atomic E-state index is 12.6. The molecule has 0 aromatic heterocycles. The van der Waals surface area contributed by atoms with Gasteiger partial charge in [0.2, 0.25) is 5.91 Å². The minimum Gasteiger partial charge on any atom is -0.508 e. The van der Waals surface area contributed by atoms with Gasteiger partial charge in [-0.15, -0.1) is 0 Å². The molecule has 0 radical (unpaired) electrons. The Morgan fingerprint density at radius 2 is 1.73 bits per heavy atom. The van der Waals surface area contributed by atoms with Crippen LogP contribution in [0.2, 0.25) is 0 Å². The molecule has 30 heavy (non-hydrogen) atoms. The van der Waals surface area contributed by atoms with Gasteiger partial charge < -0.3 is 24.8 Å². The molecule has 2 aromatic carbocycles. The Balaban J connectivity index is 1.35. The van der Waals surface area contributed by atoms with Gasteiger partial charge in [0.05, 0.1) is 13.0 Å². The first-order chi connectivity index (χ1) is 14.5. The van der Waals surface area contributed by atoms with Crippen molar-refractivity contribution < 1.29 is 24.2 Å². The molecule has 0 bridgehead atoms. The highest BCUT2D eigenvalue weighted by Crippen LogP contribution is 2.19. The summed E-state index contributed by atoms with van der Waals surface area (Å²) in [6.45, 7) is 3.20. The lowest BCUT2D eigenvalue weighted by atomic mass is 10.0. The zero-order chi connectivity index (χ0) is 21.3. The van der Waals surface area contributed by atoms with E-state index in [0.29, 0.717) is 44.7 Å². The van der Waals surface area contributed by atoms with Crippen molar-refractivity contribution >= 4 is 11.8 Å². The second-order valence-electron chi connectivity index (χ2n) is 7.33. The highest BCUT2D eigenvalue weighted by molar-refractivity contribution is 5.81. The molecular weight excluding hydrogens is 384 g/mol. The van der Waals surface area contributed by atoms with Gasteiger partial charge in [0.1, 0.15) is 17.2 Å². The van der Waals surface area contributed by atoms with E-state index in [-0.39, 0.29) is 23.6 Å². The van der Waals surface area contributed by atoms with Crippen molar-refractivity contribution in [3.8, 4) is 17.2 Å². The number of aromatic hydroxyl groups is 1. The van der Waals surface area contributed by atoms with Gasteiger partial charge in [-0.05, 0) is 56.2 Å². The summed E-state index contributed by atoms with van der Waals surface area (Å²) in [7, 11) is 0. The van der Waals surface area contributed by atoms with E-state index in [4.69, 9.17) is 9.47 Å². The van der Waals surface area contributed by atoms with Gasteiger partial charge >= 0.3 is 0 Å². The highest BCUT2D eigenvalue weighted by atomic mass is 16.5. The van der Waals surface area contributed by atoms with Gasteiger partial charge in [-0.1, -0.05) is 18.2 Å². The van der Waals surface area contributed by atoms with E-state index in [0.717, 1.165) is 5.75 Å². The number of piperidine rings is 1. The number of para-hydroxylation sites is 1. The van der Waals surface area contributed by atoms with Crippen molar-refractivity contribution in [1.82, 2.24) is 10.2 Å². The van der Waals surface area contributed by atoms with Crippen LogP contribution >= 0.6 is 0 Å². The number of nitrogens with one attached hydrogen (secondary N) is 1. The number of hydrogen-bond acceptors (Lipinski definition) is 5. The minimum absolute atomic E-state index is 0.0419. The first-order valence-corrected chi connectivity index (χ1v) is 10.2. The van der Waals surface area contributed by atoms with Crippen LogP contribution < -0.4 is 14.8 Å². The number of phenolic OH excluding ortho intramolecular Hbond substituents is 1. The second kappa shape index (κ2) is 10.5. The molecule has 1 aliphatic heterocycles. The van der Waals surface area contributed by atoms with Gasteiger partial charge in [0.25, 0.3) is 5.91 Å². The largest absolute Gasteiger partial charge is 0.508 e. The molecule has 1 unspecified atom stereocenters. The van der Waals surface area contributed by atoms with E-state index in [1.807, 2.05) is 30.3 Å². The Bertz CT molecular complexity index is 817. The van der Waals surface area contributed by atoms with Crippen molar-refractivity contribution in [2.24, 2.45) is 0 Å². The summed E-state index contributed by atoms with van der Waals surface area (Å²) in [5.41, 5.74) is 0. The minimum atomic E-state index is -0.615. The smallest absolute Gasteiger partial charge is 0.263 e. The van der Waals surface area contributed by atoms with E-state index in [1.54, 1.807) is 24.0 Å². The number of nitrogens with zero attached hydrogens (tertiary/aromatic N) is 1. The lowest BCUT2D eigenvalue weighted by Gasteiger charge is -2.33. The van der Waals surface area contributed by atoms with Crippen LogP contribution in [-0.2, 0) is 9.59 Å². The van der Waals surface area contributed by atoms with Gasteiger partial charge in [0, 0.05) is 19.1 Å². The van der Waals surface area contributed by atoms with Crippen LogP contribution in [0, 0.1) is 0 Å². The molecule has 2 N–H and O–H groups in total. The average molecular weight is 412 g/mol. The number of benzene rings is 2. The Morgan fingerprint density at radius 1 is 1.07 bits per heavy atom. The third kappa shape index (κ3) is 6.40. The molecule has 7 heteroatoms. The summed E-state index contributed by atoms with van der Waals surface area (Å²) in [6.07, 6.45) is 1.10. The van der Waals surface area contributed by atoms with Crippen molar-refractivity contribution in [2.45, 2.75) is 38.3 Å². The van der Waals surface area contributed by atoms with E-state index in [1.165, 1.54) is 12.1 Å². The van der Waals surface area contributed by atoms with E-state index in [9.17, 15) is 14.7 Å². The Labute approximate surface area is 176 Å². The summed E-state index contributed by atoms with van der Waals surface area (Å²) in [5.74, 6) is 1.32. The normalized spacial score (nSPS) is 15.3. The lowest BCUT2D eigenvalue weighted by Crippen LogP contribution is -2.49. The monoisotopic (exact) mass is 412 g/mol. The number of ether oxygens (including phenoxy) is 2. The molecule has 1 aliphatic rings. The molecule has 1 saturated heterocycles. The lowest BCUT2D eigenvalue weighted by molar-refractivity contribution is -0.139. The maximum atomic E-state index is 12.6. The number of carbonyl (C=O) groups excluding carboxylic acids is 2. The zero-order valence-electron chi connectivity index (χ0n) is 17.1. The number of rotatable bonds is 8. The molecule has 7 nitrogen and oxygen atoms in total. The molecule has 160 valence electrons. The number of phenols is 1. The fourth-order valence-electron chi connectivity index (χ4n) is 3.36. The van der Waals surface area contributed by atoms with Crippen LogP contribution in [0.5, 0.6) is 17.2 Å². The number of hydrogen-bond donors (Lipinski definition) is 2. The number of likely N-dealkylation sites (tertiary alicyclic amines) is 1. The molecule has 3 rings (SSSR count). The van der Waals surface area contributed by atoms with Crippen molar-refractivity contribution in [3.63, 3.8) is 0 Å². The zero-order valence-corrected chi connectivity index (χ0v) is 17.1. The van der Waals surface area contributed by atoms with Crippen molar-refractivity contribution in [1.29, 1.82) is 0 Å². The highest BCUT2D eigenvalue weighted by Gasteiger charge is 2.27. The van der Waals surface area contributed by atoms with Gasteiger partial charge in [0.15, 0.2) is 6.10 Å². The molecule has 2 aromatic rings. The molecule has 1 heterocycles. The molecule has 0 saturated carbocycles. The van der Waals surface area contributed by atoms with Crippen LogP contribution in [0.4, 0.5) is 0 Å². The molecule has 0 spiro atoms. The van der Waals surface area contributed by atoms with Crippen LogP contribution in [0.3, 0.4) is 0 Å². The summed E-state index contributed by atoms with van der Waals surface area (Å²) in [4.78, 5) is 26.5. The predicted octanol–water partition coefficient (Wildman–Crippen LogP) is 2.74. The third-order valence-corrected chi connectivity index (χ3v) is 5.01. The van der Waals surface area contributed by atoms with Gasteiger partial charge in [-0.2, -0.15) is 0 Å². The van der Waals surface area contributed by atoms with Crippen LogP contribution in [-0.4, -0.2) is 53.7 Å². The molecular formula is C23H28N2O5. The van der Waals surface area contributed by atoms with Crippen LogP contribution in [0.25, 0.3) is 0 Å². The summed E-state index contributed by atoms with van der Waals surface area (Å²) >= 11 is 0. The standard InChI is InChI=1S/C23H28N2O5/c1-17(30-21-9-7-19(26)8-10-21)23(28)25-14-11-18(12-15-25)24-22(27)13-16-29-20-5-3-2-4-6-20/h2-10,17-18,26H,11-16H2,1H3,(H,24,27). The quantitative estimate of drug-likeness (QED) is 0.696. The average Bonchev–Trinajstić information content (AvgIpc) is 2.76. The second-order valence-corrected chi connectivity index (χ2v) is 7.33. The van der Waals surface area contributed by atoms with E-state index < -0.39 is 6.10 Å². The van der Waals surface area contributed by atoms with Crippen molar-refractivity contribution in [3.05, 3.63) is 54.6 Å². The Kier molecular flexibility index (Phi) is 7.54. The summed E-state index contributed by atoms with van der Waals surface area (Å²) < 4.78 is 11.2. The van der Waals surface area contributed by atoms with Crippen molar-refractivity contribution in [2.75, 3.05) is 19.7 Å². The first kappa shape index (κ1) is 21.5. The maximum Gasteiger partial charge on any atom is 0.263 e. The fraction of sp³-hybridized carbons (Fsp3) is 0.391. The topological polar surface area (TPSA) is 88.1 Å². The Morgan fingerprint density at radius 3 is 2.40 bits per heavy atom. The molecule has 0 aliphatic carbocycles. The van der Waals surface area contributed by atoms with E-state index in [2.05, 4.69) is 5.32 Å².